The van der Waals surface area contributed by atoms with E-state index in [9.17, 15) is 0 Å². The van der Waals surface area contributed by atoms with Gasteiger partial charge in [0, 0.05) is 36.6 Å². The zero-order valence-corrected chi connectivity index (χ0v) is 11.7. The maximum Gasteiger partial charge on any atom is 0.225 e. The molecule has 0 saturated heterocycles. The summed E-state index contributed by atoms with van der Waals surface area (Å²) in [5.41, 5.74) is 2.30. The molecular weight excluding hydrogens is 224 g/mol. The number of aromatic nitrogens is 2. The minimum Gasteiger partial charge on any atom is -0.338 e. The van der Waals surface area contributed by atoms with Crippen LogP contribution in [0, 0.1) is 6.92 Å². The van der Waals surface area contributed by atoms with E-state index in [2.05, 4.69) is 41.0 Å². The van der Waals surface area contributed by atoms with Crippen molar-refractivity contribution in [1.29, 1.82) is 0 Å². The van der Waals surface area contributed by atoms with Gasteiger partial charge in [0.25, 0.3) is 0 Å². The van der Waals surface area contributed by atoms with Gasteiger partial charge in [0.05, 0.1) is 0 Å². The lowest BCUT2D eigenvalue weighted by molar-refractivity contribution is 0.703. The Morgan fingerprint density at radius 3 is 2.72 bits per heavy atom. The molecular formula is C14H24N4. The molecule has 1 aromatic heterocycles. The SMILES string of the molecule is CCCN(c1ncc(CNCC)c(C)n1)C1CC1. The van der Waals surface area contributed by atoms with Gasteiger partial charge in [-0.05, 0) is 32.7 Å². The molecule has 100 valence electrons. The van der Waals surface area contributed by atoms with Crippen LogP contribution in [-0.2, 0) is 6.54 Å². The summed E-state index contributed by atoms with van der Waals surface area (Å²) in [6.07, 6.45) is 5.71. The van der Waals surface area contributed by atoms with E-state index >= 15 is 0 Å². The predicted molar refractivity (Wildman–Crippen MR) is 74.8 cm³/mol. The van der Waals surface area contributed by atoms with Crippen LogP contribution in [0.15, 0.2) is 6.20 Å². The second-order valence-corrected chi connectivity index (χ2v) is 4.99. The third-order valence-electron chi connectivity index (χ3n) is 3.34. The smallest absolute Gasteiger partial charge is 0.225 e. The largest absolute Gasteiger partial charge is 0.338 e. The molecule has 1 aliphatic rings. The summed E-state index contributed by atoms with van der Waals surface area (Å²) in [6, 6.07) is 0.684. The van der Waals surface area contributed by atoms with Gasteiger partial charge in [0.1, 0.15) is 0 Å². The Kier molecular flexibility index (Phi) is 4.53. The summed E-state index contributed by atoms with van der Waals surface area (Å²) in [5.74, 6) is 0.914. The number of nitrogens with zero attached hydrogens (tertiary/aromatic N) is 3. The summed E-state index contributed by atoms with van der Waals surface area (Å²) >= 11 is 0. The van der Waals surface area contributed by atoms with E-state index in [-0.39, 0.29) is 0 Å². The van der Waals surface area contributed by atoms with Gasteiger partial charge >= 0.3 is 0 Å². The van der Waals surface area contributed by atoms with Gasteiger partial charge in [-0.1, -0.05) is 13.8 Å². The molecule has 0 amide bonds. The van der Waals surface area contributed by atoms with Gasteiger partial charge in [-0.3, -0.25) is 0 Å². The fourth-order valence-electron chi connectivity index (χ4n) is 2.12. The maximum absolute atomic E-state index is 4.68. The lowest BCUT2D eigenvalue weighted by Crippen LogP contribution is -2.28. The monoisotopic (exact) mass is 248 g/mol. The molecule has 1 saturated carbocycles. The predicted octanol–water partition coefficient (Wildman–Crippen LogP) is 2.27. The molecule has 2 rings (SSSR count). The van der Waals surface area contributed by atoms with Crippen LogP contribution in [-0.4, -0.2) is 29.1 Å². The molecule has 1 heterocycles. The second-order valence-electron chi connectivity index (χ2n) is 4.99. The number of anilines is 1. The molecule has 4 heteroatoms. The van der Waals surface area contributed by atoms with Crippen LogP contribution >= 0.6 is 0 Å². The summed E-state index contributed by atoms with van der Waals surface area (Å²) in [4.78, 5) is 11.6. The Morgan fingerprint density at radius 1 is 1.39 bits per heavy atom. The molecule has 0 bridgehead atoms. The van der Waals surface area contributed by atoms with Gasteiger partial charge in [-0.15, -0.1) is 0 Å². The van der Waals surface area contributed by atoms with E-state index in [0.717, 1.165) is 37.7 Å². The van der Waals surface area contributed by atoms with Crippen molar-refractivity contribution in [2.75, 3.05) is 18.0 Å². The van der Waals surface area contributed by atoms with Crippen molar-refractivity contribution in [3.63, 3.8) is 0 Å². The lowest BCUT2D eigenvalue weighted by Gasteiger charge is -2.22. The van der Waals surface area contributed by atoms with Crippen LogP contribution in [0.4, 0.5) is 5.95 Å². The number of hydrogen-bond donors (Lipinski definition) is 1. The van der Waals surface area contributed by atoms with Crippen molar-refractivity contribution < 1.29 is 0 Å². The molecule has 0 aromatic carbocycles. The van der Waals surface area contributed by atoms with E-state index in [1.807, 2.05) is 6.20 Å². The lowest BCUT2D eigenvalue weighted by atomic mass is 10.2. The normalized spacial score (nSPS) is 14.8. The van der Waals surface area contributed by atoms with Gasteiger partial charge < -0.3 is 10.2 Å². The Balaban J connectivity index is 2.10. The van der Waals surface area contributed by atoms with Crippen molar-refractivity contribution in [3.05, 3.63) is 17.5 Å². The highest BCUT2D eigenvalue weighted by Crippen LogP contribution is 2.29. The zero-order chi connectivity index (χ0) is 13.0. The minimum absolute atomic E-state index is 0.684. The topological polar surface area (TPSA) is 41.1 Å². The van der Waals surface area contributed by atoms with E-state index in [1.54, 1.807) is 0 Å². The van der Waals surface area contributed by atoms with Crippen LogP contribution in [0.1, 0.15) is 44.4 Å². The fraction of sp³-hybridized carbons (Fsp3) is 0.714. The average Bonchev–Trinajstić information content (AvgIpc) is 3.19. The number of aryl methyl sites for hydroxylation is 1. The third kappa shape index (κ3) is 3.19. The summed E-state index contributed by atoms with van der Waals surface area (Å²) in [7, 11) is 0. The highest BCUT2D eigenvalue weighted by Gasteiger charge is 2.30. The third-order valence-corrected chi connectivity index (χ3v) is 3.34. The molecule has 1 aliphatic carbocycles. The van der Waals surface area contributed by atoms with E-state index in [4.69, 9.17) is 0 Å². The molecule has 18 heavy (non-hydrogen) atoms. The number of hydrogen-bond acceptors (Lipinski definition) is 4. The first-order valence-corrected chi connectivity index (χ1v) is 7.06. The summed E-state index contributed by atoms with van der Waals surface area (Å²) in [5, 5.41) is 3.32. The zero-order valence-electron chi connectivity index (χ0n) is 11.7. The highest BCUT2D eigenvalue weighted by molar-refractivity contribution is 5.36. The standard InChI is InChI=1S/C14H24N4/c1-4-8-18(13-6-7-13)14-16-10-12(9-15-5-2)11(3)17-14/h10,13,15H,4-9H2,1-3H3. The van der Waals surface area contributed by atoms with Crippen molar-refractivity contribution >= 4 is 5.95 Å². The fourth-order valence-corrected chi connectivity index (χ4v) is 2.12. The van der Waals surface area contributed by atoms with Gasteiger partial charge in [-0.2, -0.15) is 0 Å². The van der Waals surface area contributed by atoms with Crippen molar-refractivity contribution in [3.8, 4) is 0 Å². The van der Waals surface area contributed by atoms with Crippen molar-refractivity contribution in [2.24, 2.45) is 0 Å². The van der Waals surface area contributed by atoms with Gasteiger partial charge in [0.15, 0.2) is 0 Å². The molecule has 1 aromatic rings. The first-order chi connectivity index (χ1) is 8.76. The van der Waals surface area contributed by atoms with Crippen molar-refractivity contribution in [1.82, 2.24) is 15.3 Å². The maximum atomic E-state index is 4.68. The molecule has 0 unspecified atom stereocenters. The van der Waals surface area contributed by atoms with Crippen LogP contribution < -0.4 is 10.2 Å². The van der Waals surface area contributed by atoms with Gasteiger partial charge in [-0.25, -0.2) is 9.97 Å². The van der Waals surface area contributed by atoms with E-state index in [0.29, 0.717) is 6.04 Å². The Labute approximate surface area is 110 Å². The quantitative estimate of drug-likeness (QED) is 0.803. The van der Waals surface area contributed by atoms with E-state index < -0.39 is 0 Å². The van der Waals surface area contributed by atoms with Crippen molar-refractivity contribution in [2.45, 2.75) is 52.6 Å². The molecule has 0 aliphatic heterocycles. The molecule has 1 N–H and O–H groups in total. The summed E-state index contributed by atoms with van der Waals surface area (Å²) in [6.45, 7) is 9.30. The Morgan fingerprint density at radius 2 is 2.17 bits per heavy atom. The first kappa shape index (κ1) is 13.3. The molecule has 4 nitrogen and oxygen atoms in total. The average molecular weight is 248 g/mol. The Bertz CT molecular complexity index is 387. The highest BCUT2D eigenvalue weighted by atomic mass is 15.3. The Hall–Kier alpha value is -1.16. The number of rotatable bonds is 7. The number of nitrogens with one attached hydrogen (secondary N) is 1. The van der Waals surface area contributed by atoms with Crippen LogP contribution in [0.5, 0.6) is 0 Å². The van der Waals surface area contributed by atoms with Crippen LogP contribution in [0.3, 0.4) is 0 Å². The second kappa shape index (κ2) is 6.14. The summed E-state index contributed by atoms with van der Waals surface area (Å²) < 4.78 is 0. The van der Waals surface area contributed by atoms with Gasteiger partial charge in [0.2, 0.25) is 5.95 Å². The molecule has 0 atom stereocenters. The first-order valence-electron chi connectivity index (χ1n) is 7.06. The minimum atomic E-state index is 0.684. The van der Waals surface area contributed by atoms with Crippen LogP contribution in [0.2, 0.25) is 0 Å². The molecule has 1 fully saturated rings. The van der Waals surface area contributed by atoms with E-state index in [1.165, 1.54) is 18.4 Å². The molecule has 0 radical (unpaired) electrons. The molecule has 0 spiro atoms. The van der Waals surface area contributed by atoms with Crippen LogP contribution in [0.25, 0.3) is 0 Å².